The molecule has 2 heterocycles. The largest absolute Gasteiger partial charge is 0.356 e. The Morgan fingerprint density at radius 2 is 0.902 bits per heavy atom. The normalized spacial score (nSPS) is 13.9. The van der Waals surface area contributed by atoms with Crippen LogP contribution in [0.25, 0.3) is 0 Å². The first-order valence-corrected chi connectivity index (χ1v) is 20.0. The summed E-state index contributed by atoms with van der Waals surface area (Å²) < 4.78 is 0. The summed E-state index contributed by atoms with van der Waals surface area (Å²) in [5.74, 6) is -1.66. The van der Waals surface area contributed by atoms with Gasteiger partial charge in [-0.3, -0.25) is 48.2 Å². The average Bonchev–Trinajstić information content (AvgIpc) is 3.55. The number of hydrogen-bond acceptors (Lipinski definition) is 12. The molecule has 0 spiro atoms. The molecule has 2 aliphatic heterocycles. The maximum atomic E-state index is 11.6. The van der Waals surface area contributed by atoms with E-state index in [9.17, 15) is 38.4 Å². The second-order valence-corrected chi connectivity index (χ2v) is 14.8. The summed E-state index contributed by atoms with van der Waals surface area (Å²) in [6.45, 7) is 4.35. The fraction of sp³-hybridized carbons (Fsp3) is 0.636. The number of carbonyl (C=O) groups is 8. The lowest BCUT2D eigenvalue weighted by Gasteiger charge is -2.14. The van der Waals surface area contributed by atoms with Crippen molar-refractivity contribution in [3.63, 3.8) is 0 Å². The van der Waals surface area contributed by atoms with Gasteiger partial charge in [-0.05, 0) is 90.1 Å². The molecule has 2 aliphatic rings. The molecule has 0 aromatic rings. The molecule has 0 saturated heterocycles. The minimum Gasteiger partial charge on any atom is -0.356 e. The average molecular weight is 793 g/mol. The molecule has 51 heavy (non-hydrogen) atoms. The number of ketones is 2. The van der Waals surface area contributed by atoms with Gasteiger partial charge in [0.15, 0.2) is 0 Å². The number of hydrogen-bond donors (Lipinski definition) is 4. The minimum atomic E-state index is -0.375. The first-order chi connectivity index (χ1) is 22.8. The van der Waals surface area contributed by atoms with Crippen LogP contribution in [0.1, 0.15) is 87.5 Å². The number of amides is 6. The standard InChI is InChI=1S/2C15H23N3O4.3CH4.P2S2/c2*1-11(19)12(16-2)5-3-4-9-17-13(20)8-10-18-14(21)6-7-15(18)22;;;;3-1-2-4/h2*6-7,12,16H,3-5,8-10H2,1-2H3,(H,17,20);3*1H4;. The van der Waals surface area contributed by atoms with Gasteiger partial charge >= 0.3 is 0 Å². The third-order valence-electron chi connectivity index (χ3n) is 7.12. The van der Waals surface area contributed by atoms with Crippen LogP contribution in [-0.2, 0) is 62.0 Å². The number of imide groups is 2. The van der Waals surface area contributed by atoms with E-state index in [-0.39, 0.29) is 107 Å². The van der Waals surface area contributed by atoms with Gasteiger partial charge in [-0.2, -0.15) is 0 Å². The van der Waals surface area contributed by atoms with Crippen molar-refractivity contribution in [2.45, 2.75) is 99.6 Å². The number of likely N-dealkylation sites (N-methyl/N-ethyl adjacent to an activating group) is 2. The van der Waals surface area contributed by atoms with Crippen molar-refractivity contribution < 1.29 is 38.4 Å². The molecule has 0 aromatic heterocycles. The molecule has 0 aromatic carbocycles. The van der Waals surface area contributed by atoms with Crippen molar-refractivity contribution >= 4 is 84.7 Å². The summed E-state index contributed by atoms with van der Waals surface area (Å²) in [5.41, 5.74) is 0. The van der Waals surface area contributed by atoms with E-state index in [2.05, 4.69) is 44.9 Å². The van der Waals surface area contributed by atoms with Crippen LogP contribution in [0.3, 0.4) is 0 Å². The van der Waals surface area contributed by atoms with E-state index < -0.39 is 0 Å². The Balaban J connectivity index is -0.000000372. The van der Waals surface area contributed by atoms with E-state index in [0.29, 0.717) is 13.1 Å². The molecular weight excluding hydrogens is 734 g/mol. The third kappa shape index (κ3) is 24.8. The Morgan fingerprint density at radius 3 is 1.14 bits per heavy atom. The van der Waals surface area contributed by atoms with Crippen molar-refractivity contribution in [3.05, 3.63) is 24.3 Å². The first kappa shape index (κ1) is 54.8. The summed E-state index contributed by atoms with van der Waals surface area (Å²) in [6.07, 6.45) is 9.71. The van der Waals surface area contributed by atoms with Gasteiger partial charge in [-0.1, -0.05) is 22.3 Å². The Bertz CT molecular complexity index is 1110. The van der Waals surface area contributed by atoms with Gasteiger partial charge in [-0.15, -0.1) is 0 Å². The Labute approximate surface area is 317 Å². The Hall–Kier alpha value is -3.00. The van der Waals surface area contributed by atoms with Crippen LogP contribution >= 0.6 is 14.1 Å². The second kappa shape index (κ2) is 32.9. The summed E-state index contributed by atoms with van der Waals surface area (Å²) in [5, 5.41) is 11.4. The number of nitrogens with one attached hydrogen (secondary N) is 4. The maximum absolute atomic E-state index is 11.6. The van der Waals surface area contributed by atoms with Gasteiger partial charge in [0.25, 0.3) is 23.6 Å². The van der Waals surface area contributed by atoms with Crippen LogP contribution in [0.2, 0.25) is 0 Å². The number of unbranched alkanes of at least 4 members (excludes halogenated alkanes) is 2. The van der Waals surface area contributed by atoms with E-state index in [1.165, 1.54) is 24.3 Å². The Kier molecular flexibility index (Phi) is 35.3. The highest BCUT2D eigenvalue weighted by Gasteiger charge is 2.24. The summed E-state index contributed by atoms with van der Waals surface area (Å²) >= 11 is 8.82. The molecule has 0 radical (unpaired) electrons. The Morgan fingerprint density at radius 1 is 0.608 bits per heavy atom. The molecule has 0 aliphatic carbocycles. The zero-order chi connectivity index (χ0) is 36.5. The predicted octanol–water partition coefficient (Wildman–Crippen LogP) is 3.16. The van der Waals surface area contributed by atoms with Crippen LogP contribution < -0.4 is 21.3 Å². The summed E-state index contributed by atoms with van der Waals surface area (Å²) in [7, 11) is 5.24. The zero-order valence-corrected chi connectivity index (χ0v) is 31.2. The van der Waals surface area contributed by atoms with Crippen molar-refractivity contribution in [3.8, 4) is 0 Å². The highest BCUT2D eigenvalue weighted by molar-refractivity contribution is 8.40. The molecule has 2 atom stereocenters. The fourth-order valence-electron chi connectivity index (χ4n) is 4.41. The van der Waals surface area contributed by atoms with Crippen LogP contribution in [0, 0.1) is 0 Å². The van der Waals surface area contributed by atoms with Gasteiger partial charge in [0.1, 0.15) is 11.6 Å². The van der Waals surface area contributed by atoms with E-state index in [0.717, 1.165) is 62.4 Å². The molecule has 6 amide bonds. The van der Waals surface area contributed by atoms with E-state index in [4.69, 9.17) is 0 Å². The van der Waals surface area contributed by atoms with Crippen LogP contribution in [-0.4, -0.2) is 109 Å². The zero-order valence-electron chi connectivity index (χ0n) is 27.8. The minimum absolute atomic E-state index is 0. The number of rotatable bonds is 21. The third-order valence-corrected chi connectivity index (χ3v) is 9.79. The van der Waals surface area contributed by atoms with E-state index >= 15 is 0 Å². The lowest BCUT2D eigenvalue weighted by molar-refractivity contribution is -0.139. The molecule has 0 bridgehead atoms. The molecule has 0 fully saturated rings. The summed E-state index contributed by atoms with van der Waals surface area (Å²) in [6, 6.07) is -0.259. The number of carbonyl (C=O) groups excluding carboxylic acids is 8. The molecule has 2 rings (SSSR count). The molecule has 14 nitrogen and oxygen atoms in total. The van der Waals surface area contributed by atoms with Crippen LogP contribution in [0.15, 0.2) is 24.3 Å². The van der Waals surface area contributed by atoms with Gasteiger partial charge < -0.3 is 21.3 Å². The molecule has 0 saturated carbocycles. The number of Topliss-reactive ketones (excluding diaryl/α,β-unsaturated/α-hetero) is 2. The predicted molar refractivity (Wildman–Crippen MR) is 210 cm³/mol. The van der Waals surface area contributed by atoms with Gasteiger partial charge in [-0.25, -0.2) is 0 Å². The quantitative estimate of drug-likeness (QED) is 0.0756. The first-order valence-electron chi connectivity index (χ1n) is 15.4. The molecule has 2 unspecified atom stereocenters. The van der Waals surface area contributed by atoms with Crippen LogP contribution in [0.4, 0.5) is 0 Å². The highest BCUT2D eigenvalue weighted by atomic mass is 32.7. The van der Waals surface area contributed by atoms with E-state index in [1.54, 1.807) is 27.9 Å². The highest BCUT2D eigenvalue weighted by Crippen LogP contribution is 2.10. The van der Waals surface area contributed by atoms with Gasteiger partial charge in [0.2, 0.25) is 11.8 Å². The molecule has 4 N–H and O–H groups in total. The van der Waals surface area contributed by atoms with E-state index in [1.807, 2.05) is 0 Å². The van der Waals surface area contributed by atoms with Gasteiger partial charge in [0, 0.05) is 77.4 Å². The van der Waals surface area contributed by atoms with Crippen molar-refractivity contribution in [2.24, 2.45) is 0 Å². The van der Waals surface area contributed by atoms with Crippen molar-refractivity contribution in [1.82, 2.24) is 31.1 Å². The maximum Gasteiger partial charge on any atom is 0.253 e. The van der Waals surface area contributed by atoms with Crippen molar-refractivity contribution in [2.75, 3.05) is 40.3 Å². The van der Waals surface area contributed by atoms with Crippen molar-refractivity contribution in [1.29, 1.82) is 0 Å². The molecular formula is C33H58N6O8P2S2. The van der Waals surface area contributed by atoms with Gasteiger partial charge in [0.05, 0.1) is 12.1 Å². The summed E-state index contributed by atoms with van der Waals surface area (Å²) in [4.78, 5) is 93.0. The smallest absolute Gasteiger partial charge is 0.253 e. The topological polar surface area (TPSA) is 191 Å². The number of nitrogens with zero attached hydrogens (tertiary/aromatic N) is 2. The molecule has 290 valence electrons. The van der Waals surface area contributed by atoms with Crippen LogP contribution in [0.5, 0.6) is 0 Å². The second-order valence-electron chi connectivity index (χ2n) is 10.6. The monoisotopic (exact) mass is 792 g/mol. The molecule has 18 heteroatoms. The fourth-order valence-corrected chi connectivity index (χ4v) is 4.41. The lowest BCUT2D eigenvalue weighted by atomic mass is 10.1. The SMILES string of the molecule is C.C.C.CNC(CCCCNC(=O)CCN1C(=O)C=CC1=O)C(C)=O.CNC(CCCCNC(=O)CCN1C(=O)C=CC1=O)C(C)=O.S=PP=S. The lowest BCUT2D eigenvalue weighted by Crippen LogP contribution is -2.35.